The predicted molar refractivity (Wildman–Crippen MR) is 119 cm³/mol. The van der Waals surface area contributed by atoms with E-state index in [1.165, 1.54) is 23.8 Å². The number of ether oxygens (including phenoxy) is 3. The van der Waals surface area contributed by atoms with E-state index < -0.39 is 5.97 Å². The molecule has 2 aromatic carbocycles. The van der Waals surface area contributed by atoms with Gasteiger partial charge in [0.1, 0.15) is 17.2 Å². The van der Waals surface area contributed by atoms with Crippen LogP contribution in [-0.4, -0.2) is 42.1 Å². The largest absolute Gasteiger partial charge is 0.497 e. The lowest BCUT2D eigenvalue weighted by Gasteiger charge is -2.18. The molecule has 9 heteroatoms. The van der Waals surface area contributed by atoms with Crippen molar-refractivity contribution < 1.29 is 28.9 Å². The Balaban J connectivity index is 1.83. The fourth-order valence-electron chi connectivity index (χ4n) is 2.75. The summed E-state index contributed by atoms with van der Waals surface area (Å²) >= 11 is 6.62. The molecule has 2 aromatic rings. The third kappa shape index (κ3) is 4.92. The first-order valence-corrected chi connectivity index (χ1v) is 10.1. The second kappa shape index (κ2) is 9.64. The third-order valence-corrected chi connectivity index (χ3v) is 5.46. The molecule has 30 heavy (non-hydrogen) atoms. The number of anilines is 1. The van der Waals surface area contributed by atoms with Crippen molar-refractivity contribution in [2.45, 2.75) is 6.42 Å². The minimum absolute atomic E-state index is 0.0676. The smallest absolute Gasteiger partial charge is 0.306 e. The van der Waals surface area contributed by atoms with Crippen LogP contribution in [0.25, 0.3) is 6.08 Å². The number of hydrogen-bond donors (Lipinski definition) is 1. The Hall–Kier alpha value is -3.04. The molecule has 156 valence electrons. The van der Waals surface area contributed by atoms with Crippen molar-refractivity contribution in [3.63, 3.8) is 0 Å². The van der Waals surface area contributed by atoms with Crippen LogP contribution < -0.4 is 19.1 Å². The second-order valence-electron chi connectivity index (χ2n) is 6.12. The Kier molecular flexibility index (Phi) is 6.96. The minimum Gasteiger partial charge on any atom is -0.497 e. The first-order valence-electron chi connectivity index (χ1n) is 8.87. The van der Waals surface area contributed by atoms with E-state index in [0.717, 1.165) is 5.56 Å². The molecule has 0 unspecified atom stereocenters. The predicted octanol–water partition coefficient (Wildman–Crippen LogP) is 3.96. The summed E-state index contributed by atoms with van der Waals surface area (Å²) in [5.41, 5.74) is 1.28. The lowest BCUT2D eigenvalue weighted by molar-refractivity contribution is -0.137. The van der Waals surface area contributed by atoms with E-state index in [0.29, 0.717) is 32.2 Å². The van der Waals surface area contributed by atoms with E-state index in [2.05, 4.69) is 0 Å². The maximum Gasteiger partial charge on any atom is 0.306 e. The maximum atomic E-state index is 13.0. The van der Waals surface area contributed by atoms with Crippen LogP contribution in [0.3, 0.4) is 0 Å². The van der Waals surface area contributed by atoms with Gasteiger partial charge in [-0.1, -0.05) is 36.1 Å². The Morgan fingerprint density at radius 3 is 2.67 bits per heavy atom. The van der Waals surface area contributed by atoms with Crippen molar-refractivity contribution in [1.29, 1.82) is 0 Å². The Bertz CT molecular complexity index is 1020. The summed E-state index contributed by atoms with van der Waals surface area (Å²) in [5, 5.41) is 8.71. The van der Waals surface area contributed by atoms with Crippen LogP contribution in [0, 0.1) is 0 Å². The number of hydrogen-bond acceptors (Lipinski definition) is 7. The van der Waals surface area contributed by atoms with E-state index >= 15 is 0 Å². The molecule has 1 fully saturated rings. The molecule has 1 saturated heterocycles. The summed E-state index contributed by atoms with van der Waals surface area (Å²) in [6.07, 6.45) is 1.63. The van der Waals surface area contributed by atoms with Gasteiger partial charge in [0, 0.05) is 6.07 Å². The molecule has 0 aromatic heterocycles. The molecule has 0 saturated carbocycles. The first-order chi connectivity index (χ1) is 14.4. The number of amides is 1. The average molecular weight is 446 g/mol. The van der Waals surface area contributed by atoms with Gasteiger partial charge in [-0.2, -0.15) is 0 Å². The van der Waals surface area contributed by atoms with Gasteiger partial charge < -0.3 is 19.3 Å². The van der Waals surface area contributed by atoms with Crippen LogP contribution in [0.4, 0.5) is 5.69 Å². The zero-order valence-electron chi connectivity index (χ0n) is 16.3. The van der Waals surface area contributed by atoms with E-state index in [1.807, 2.05) is 6.07 Å². The highest BCUT2D eigenvalue weighted by Gasteiger charge is 2.35. The van der Waals surface area contributed by atoms with E-state index in [9.17, 15) is 9.59 Å². The Morgan fingerprint density at radius 2 is 1.97 bits per heavy atom. The quantitative estimate of drug-likeness (QED) is 0.483. The molecule has 1 amide bonds. The van der Waals surface area contributed by atoms with Crippen LogP contribution >= 0.6 is 24.0 Å². The molecule has 1 heterocycles. The summed E-state index contributed by atoms with van der Waals surface area (Å²) in [5.74, 6) is 0.420. The summed E-state index contributed by atoms with van der Waals surface area (Å²) in [6, 6.07) is 12.2. The molecule has 0 radical (unpaired) electrons. The first kappa shape index (κ1) is 21.7. The van der Waals surface area contributed by atoms with Crippen molar-refractivity contribution in [2.24, 2.45) is 0 Å². The van der Waals surface area contributed by atoms with Gasteiger partial charge in [0.15, 0.2) is 4.32 Å². The number of methoxy groups -OCH3 is 2. The summed E-state index contributed by atoms with van der Waals surface area (Å²) < 4.78 is 16.4. The van der Waals surface area contributed by atoms with Gasteiger partial charge in [-0.3, -0.25) is 14.5 Å². The SMILES string of the molecule is COc1ccc(N2C(=O)/C(=C\c3cccc(OCCC(=O)O)c3)SC2=S)c(OC)c1. The second-order valence-corrected chi connectivity index (χ2v) is 7.80. The zero-order valence-corrected chi connectivity index (χ0v) is 17.9. The molecule has 1 aliphatic rings. The fraction of sp³-hybridized carbons (Fsp3) is 0.190. The summed E-state index contributed by atoms with van der Waals surface area (Å²) in [4.78, 5) is 25.5. The highest BCUT2D eigenvalue weighted by molar-refractivity contribution is 8.27. The Morgan fingerprint density at radius 1 is 1.17 bits per heavy atom. The lowest BCUT2D eigenvalue weighted by Crippen LogP contribution is -2.27. The van der Waals surface area contributed by atoms with Crippen LogP contribution in [0.5, 0.6) is 17.2 Å². The van der Waals surface area contributed by atoms with Crippen molar-refractivity contribution in [1.82, 2.24) is 0 Å². The summed E-state index contributed by atoms with van der Waals surface area (Å²) in [7, 11) is 3.07. The highest BCUT2D eigenvalue weighted by atomic mass is 32.2. The van der Waals surface area contributed by atoms with Crippen LogP contribution in [-0.2, 0) is 9.59 Å². The fourth-order valence-corrected chi connectivity index (χ4v) is 4.03. The monoisotopic (exact) mass is 445 g/mol. The number of carboxylic acid groups (broad SMARTS) is 1. The number of thioether (sulfide) groups is 1. The maximum absolute atomic E-state index is 13.0. The molecule has 1 aliphatic heterocycles. The van der Waals surface area contributed by atoms with Gasteiger partial charge >= 0.3 is 5.97 Å². The third-order valence-electron chi connectivity index (χ3n) is 4.16. The van der Waals surface area contributed by atoms with Gasteiger partial charge in [0.05, 0.1) is 37.8 Å². The van der Waals surface area contributed by atoms with Crippen molar-refractivity contribution in [2.75, 3.05) is 25.7 Å². The van der Waals surface area contributed by atoms with Gasteiger partial charge in [0.25, 0.3) is 5.91 Å². The molecular formula is C21H19NO6S2. The minimum atomic E-state index is -0.927. The van der Waals surface area contributed by atoms with Crippen LogP contribution in [0.15, 0.2) is 47.4 Å². The van der Waals surface area contributed by atoms with Crippen molar-refractivity contribution in [3.05, 3.63) is 52.9 Å². The van der Waals surface area contributed by atoms with Crippen LogP contribution in [0.1, 0.15) is 12.0 Å². The van der Waals surface area contributed by atoms with Crippen molar-refractivity contribution in [3.8, 4) is 17.2 Å². The molecule has 0 spiro atoms. The number of aliphatic carboxylic acids is 1. The topological polar surface area (TPSA) is 85.3 Å². The molecule has 3 rings (SSSR count). The lowest BCUT2D eigenvalue weighted by atomic mass is 10.2. The molecule has 0 aliphatic carbocycles. The number of benzene rings is 2. The standard InChI is InChI=1S/C21H19NO6S2/c1-26-14-6-7-16(17(12-14)27-2)22-20(25)18(30-21(22)29)11-13-4-3-5-15(10-13)28-9-8-19(23)24/h3-7,10-12H,8-9H2,1-2H3,(H,23,24)/b18-11+. The van der Waals surface area contributed by atoms with Gasteiger partial charge in [-0.15, -0.1) is 0 Å². The van der Waals surface area contributed by atoms with Crippen LogP contribution in [0.2, 0.25) is 0 Å². The number of thiocarbonyl (C=S) groups is 1. The van der Waals surface area contributed by atoms with Crippen molar-refractivity contribution >= 4 is 51.9 Å². The highest BCUT2D eigenvalue weighted by Crippen LogP contribution is 2.41. The van der Waals surface area contributed by atoms with Gasteiger partial charge in [0.2, 0.25) is 0 Å². The number of carboxylic acids is 1. The average Bonchev–Trinajstić information content (AvgIpc) is 3.00. The van der Waals surface area contributed by atoms with E-state index in [-0.39, 0.29) is 18.9 Å². The zero-order chi connectivity index (χ0) is 21.7. The molecule has 0 bridgehead atoms. The number of nitrogens with zero attached hydrogens (tertiary/aromatic N) is 1. The van der Waals surface area contributed by atoms with Gasteiger partial charge in [-0.25, -0.2) is 0 Å². The number of carbonyl (C=O) groups is 2. The molecule has 1 N–H and O–H groups in total. The number of carbonyl (C=O) groups excluding carboxylic acids is 1. The molecule has 0 atom stereocenters. The molecule has 7 nitrogen and oxygen atoms in total. The molecular weight excluding hydrogens is 426 g/mol. The number of rotatable bonds is 8. The normalized spacial score (nSPS) is 14.9. The summed E-state index contributed by atoms with van der Waals surface area (Å²) in [6.45, 7) is 0.0676. The Labute approximate surface area is 183 Å². The van der Waals surface area contributed by atoms with E-state index in [1.54, 1.807) is 49.6 Å². The van der Waals surface area contributed by atoms with Gasteiger partial charge in [-0.05, 0) is 35.9 Å². The van der Waals surface area contributed by atoms with E-state index in [4.69, 9.17) is 31.5 Å².